The highest BCUT2D eigenvalue weighted by Crippen LogP contribution is 2.45. The number of halogens is 5. The largest absolute Gasteiger partial charge is 0.490 e. The Hall–Kier alpha value is -4.14. The molecule has 0 radical (unpaired) electrons. The number of benzene rings is 1. The predicted molar refractivity (Wildman–Crippen MR) is 140 cm³/mol. The number of carbonyl (C=O) groups excluding carboxylic acids is 3. The summed E-state index contributed by atoms with van der Waals surface area (Å²) in [4.78, 5) is 53.2. The third-order valence-corrected chi connectivity index (χ3v) is 7.29. The van der Waals surface area contributed by atoms with E-state index in [-0.39, 0.29) is 34.5 Å². The van der Waals surface area contributed by atoms with E-state index in [0.717, 1.165) is 12.8 Å². The van der Waals surface area contributed by atoms with Crippen LogP contribution in [0, 0.1) is 11.7 Å². The maximum absolute atomic E-state index is 15.2. The van der Waals surface area contributed by atoms with E-state index in [0.29, 0.717) is 37.3 Å². The van der Waals surface area contributed by atoms with Gasteiger partial charge in [-0.2, -0.15) is 13.2 Å². The van der Waals surface area contributed by atoms with E-state index < -0.39 is 41.6 Å². The van der Waals surface area contributed by atoms with Crippen LogP contribution in [0.25, 0.3) is 0 Å². The molecule has 3 heterocycles. The van der Waals surface area contributed by atoms with E-state index >= 15 is 4.39 Å². The van der Waals surface area contributed by atoms with Crippen LogP contribution in [0.1, 0.15) is 48.0 Å². The van der Waals surface area contributed by atoms with Gasteiger partial charge in [0.05, 0.1) is 28.4 Å². The number of likely N-dealkylation sites (tertiary alicyclic amines) is 1. The van der Waals surface area contributed by atoms with Gasteiger partial charge in [0.2, 0.25) is 5.91 Å². The summed E-state index contributed by atoms with van der Waals surface area (Å²) >= 11 is 6.04. The van der Waals surface area contributed by atoms with Crippen LogP contribution < -0.4 is 16.4 Å². The number of hydrogen-bond acceptors (Lipinski definition) is 7. The van der Waals surface area contributed by atoms with Gasteiger partial charge in [-0.3, -0.25) is 14.9 Å². The minimum absolute atomic E-state index is 0.0377. The van der Waals surface area contributed by atoms with Gasteiger partial charge in [-0.1, -0.05) is 24.4 Å². The van der Waals surface area contributed by atoms with Crippen LogP contribution >= 0.6 is 11.6 Å². The van der Waals surface area contributed by atoms with Crippen LogP contribution in [0.2, 0.25) is 5.02 Å². The zero-order valence-electron chi connectivity index (χ0n) is 21.8. The summed E-state index contributed by atoms with van der Waals surface area (Å²) in [6, 6.07) is 5.19. The molecule has 1 saturated heterocycles. The van der Waals surface area contributed by atoms with Crippen molar-refractivity contribution in [1.82, 2.24) is 15.2 Å². The van der Waals surface area contributed by atoms with Crippen molar-refractivity contribution in [2.45, 2.75) is 49.9 Å². The van der Waals surface area contributed by atoms with Gasteiger partial charge < -0.3 is 25.8 Å². The first-order valence-corrected chi connectivity index (χ1v) is 13.2. The number of nitrogens with two attached hydrogens (primary N) is 1. The number of carboxylic acid groups (broad SMARTS) is 1. The number of nitrogens with one attached hydrogen (secondary N) is 2. The molecule has 1 aromatic heterocycles. The summed E-state index contributed by atoms with van der Waals surface area (Å²) in [5, 5.41) is 12.4. The molecule has 3 aliphatic rings. The fraction of sp³-hybridized carbons (Fsp3) is 0.423. The summed E-state index contributed by atoms with van der Waals surface area (Å²) in [6.45, 7) is 0.355. The van der Waals surface area contributed by atoms with Gasteiger partial charge in [0.1, 0.15) is 11.9 Å². The fourth-order valence-corrected chi connectivity index (χ4v) is 5.03. The highest BCUT2D eigenvalue weighted by atomic mass is 35.5. The number of ether oxygens (including phenoxy) is 1. The van der Waals surface area contributed by atoms with Crippen molar-refractivity contribution in [1.29, 1.82) is 0 Å². The molecule has 2 fully saturated rings. The number of hydrogen-bond donors (Lipinski definition) is 4. The normalized spacial score (nSPS) is 20.3. The fourth-order valence-electron chi connectivity index (χ4n) is 4.87. The first-order chi connectivity index (χ1) is 19.7. The molecule has 1 saturated carbocycles. The average molecular weight is 616 g/mol. The summed E-state index contributed by atoms with van der Waals surface area (Å²) < 4.78 is 52.5. The van der Waals surface area contributed by atoms with Crippen molar-refractivity contribution in [3.8, 4) is 0 Å². The Morgan fingerprint density at radius 3 is 2.55 bits per heavy atom. The number of anilines is 2. The van der Waals surface area contributed by atoms with Crippen molar-refractivity contribution in [3.63, 3.8) is 0 Å². The Kier molecular flexibility index (Phi) is 8.80. The van der Waals surface area contributed by atoms with Crippen molar-refractivity contribution in [2.24, 2.45) is 5.92 Å². The summed E-state index contributed by atoms with van der Waals surface area (Å²) in [6.07, 6.45) is -1.14. The highest BCUT2D eigenvalue weighted by molar-refractivity contribution is 6.31. The molecule has 5 rings (SSSR count). The maximum Gasteiger partial charge on any atom is 0.490 e. The molecule has 0 unspecified atom stereocenters. The second-order valence-electron chi connectivity index (χ2n) is 10.1. The average Bonchev–Trinajstić information content (AvgIpc) is 3.74. The molecule has 1 spiro atoms. The molecule has 0 bridgehead atoms. The molecule has 2 atom stereocenters. The lowest BCUT2D eigenvalue weighted by Crippen LogP contribution is -2.57. The van der Waals surface area contributed by atoms with Gasteiger partial charge >= 0.3 is 18.2 Å². The Morgan fingerprint density at radius 1 is 1.26 bits per heavy atom. The Balaban J connectivity index is 0.000000517. The number of rotatable bonds is 5. The van der Waals surface area contributed by atoms with E-state index in [2.05, 4.69) is 15.6 Å². The number of pyridine rings is 1. The van der Waals surface area contributed by atoms with Crippen LogP contribution in [0.15, 0.2) is 30.5 Å². The van der Waals surface area contributed by atoms with E-state index in [1.54, 1.807) is 11.0 Å². The maximum atomic E-state index is 15.2. The predicted octanol–water partition coefficient (Wildman–Crippen LogP) is 4.07. The first-order valence-electron chi connectivity index (χ1n) is 12.8. The molecule has 16 heteroatoms. The lowest BCUT2D eigenvalue weighted by molar-refractivity contribution is -0.192. The summed E-state index contributed by atoms with van der Waals surface area (Å²) in [5.41, 5.74) is 4.94. The minimum Gasteiger partial charge on any atom is -0.475 e. The molecule has 11 nitrogen and oxygen atoms in total. The highest BCUT2D eigenvalue weighted by Gasteiger charge is 2.49. The smallest absolute Gasteiger partial charge is 0.475 e. The van der Waals surface area contributed by atoms with Gasteiger partial charge in [-0.15, -0.1) is 0 Å². The van der Waals surface area contributed by atoms with Gasteiger partial charge in [-0.25, -0.2) is 19.0 Å². The van der Waals surface area contributed by atoms with Crippen LogP contribution in [0.5, 0.6) is 0 Å². The first kappa shape index (κ1) is 30.8. The second kappa shape index (κ2) is 12.0. The molecule has 1 aliphatic carbocycles. The third kappa shape index (κ3) is 7.01. The molecule has 3 amide bonds. The number of aromatic nitrogens is 1. The van der Waals surface area contributed by atoms with Gasteiger partial charge in [0.25, 0.3) is 5.91 Å². The summed E-state index contributed by atoms with van der Waals surface area (Å²) in [5.74, 6) is -3.54. The zero-order chi connectivity index (χ0) is 30.8. The lowest BCUT2D eigenvalue weighted by atomic mass is 9.82. The molecule has 1 aromatic carbocycles. The van der Waals surface area contributed by atoms with E-state index in [1.165, 1.54) is 24.4 Å². The van der Waals surface area contributed by atoms with Gasteiger partial charge in [0, 0.05) is 12.7 Å². The number of alkyl halides is 3. The molecule has 42 heavy (non-hydrogen) atoms. The number of aliphatic carboxylic acids is 1. The summed E-state index contributed by atoms with van der Waals surface area (Å²) in [7, 11) is 0. The number of amides is 3. The van der Waals surface area contributed by atoms with E-state index in [9.17, 15) is 27.6 Å². The SMILES string of the molecule is Nc1ccc(C(=O)N[C@@H](CC2CC2)C(=O)N2CCC[C@@]3(C2)OC(=O)Nc2ccc(Cl)c(F)c23)cn1.O=C(O)C(F)(F)F. The minimum atomic E-state index is -5.08. The second-order valence-corrected chi connectivity index (χ2v) is 10.5. The van der Waals surface area contributed by atoms with E-state index in [4.69, 9.17) is 32.0 Å². The van der Waals surface area contributed by atoms with Crippen molar-refractivity contribution in [2.75, 3.05) is 24.1 Å². The van der Waals surface area contributed by atoms with E-state index in [1.807, 2.05) is 0 Å². The standard InChI is InChI=1S/C24H25ClFN5O4.C2HF3O2/c25-15-5-6-16-19(20(15)26)24(35-23(34)30-16)8-1-9-31(12-24)22(33)17(10-13-2-3-13)29-21(32)14-4-7-18(27)28-11-14;3-2(4,5)1(6)7/h4-7,11,13,17H,1-3,8-10,12H2,(H2,27,28)(H,29,32)(H,30,34);(H,6,7)/t17-,24-;/m0./s1. The number of piperidine rings is 1. The van der Waals surface area contributed by atoms with Crippen LogP contribution in [-0.2, 0) is 19.9 Å². The number of carboxylic acids is 1. The number of carbonyl (C=O) groups is 4. The van der Waals surface area contributed by atoms with Gasteiger partial charge in [0.15, 0.2) is 11.4 Å². The monoisotopic (exact) mass is 615 g/mol. The molecular formula is C26H26ClF4N5O6. The lowest BCUT2D eigenvalue weighted by Gasteiger charge is -2.45. The van der Waals surface area contributed by atoms with Crippen LogP contribution in [0.4, 0.5) is 33.9 Å². The third-order valence-electron chi connectivity index (χ3n) is 7.00. The molecular weight excluding hydrogens is 590 g/mol. The molecule has 226 valence electrons. The zero-order valence-corrected chi connectivity index (χ0v) is 22.6. The number of nitrogen functional groups attached to an aromatic ring is 1. The quantitative estimate of drug-likeness (QED) is 0.366. The Bertz CT molecular complexity index is 1390. The number of fused-ring (bicyclic) bond motifs is 2. The van der Waals surface area contributed by atoms with Crippen molar-refractivity contribution >= 4 is 47.0 Å². The molecule has 5 N–H and O–H groups in total. The van der Waals surface area contributed by atoms with Crippen LogP contribution in [-0.4, -0.2) is 64.2 Å². The number of nitrogens with zero attached hydrogens (tertiary/aromatic N) is 2. The van der Waals surface area contributed by atoms with Gasteiger partial charge in [-0.05, 0) is 49.4 Å². The topological polar surface area (TPSA) is 164 Å². The van der Waals surface area contributed by atoms with Crippen molar-refractivity contribution < 1.29 is 46.6 Å². The van der Waals surface area contributed by atoms with Crippen LogP contribution in [0.3, 0.4) is 0 Å². The Morgan fingerprint density at radius 2 is 1.95 bits per heavy atom. The molecule has 2 aromatic rings. The van der Waals surface area contributed by atoms with Crippen molar-refractivity contribution in [3.05, 3.63) is 52.4 Å². The molecule has 2 aliphatic heterocycles. The Labute approximate surface area is 241 Å².